The minimum atomic E-state index is -0.404. The lowest BCUT2D eigenvalue weighted by atomic mass is 10.1. The Hall–Kier alpha value is -2.70. The lowest BCUT2D eigenvalue weighted by Gasteiger charge is -2.39. The summed E-state index contributed by atoms with van der Waals surface area (Å²) in [7, 11) is 0. The number of rotatable bonds is 4. The van der Waals surface area contributed by atoms with Crippen LogP contribution in [0.2, 0.25) is 0 Å². The highest BCUT2D eigenvalue weighted by atomic mass is 19.1. The molecule has 1 aliphatic rings. The van der Waals surface area contributed by atoms with Gasteiger partial charge in [0.25, 0.3) is 5.91 Å². The second kappa shape index (κ2) is 6.43. The molecule has 2 amide bonds. The van der Waals surface area contributed by atoms with Gasteiger partial charge in [0, 0.05) is 24.3 Å². The molecule has 1 aromatic heterocycles. The van der Waals surface area contributed by atoms with Crippen LogP contribution in [0, 0.1) is 19.7 Å². The maximum atomic E-state index is 12.8. The molecule has 126 valence electrons. The van der Waals surface area contributed by atoms with E-state index in [4.69, 9.17) is 0 Å². The van der Waals surface area contributed by atoms with E-state index >= 15 is 0 Å². The van der Waals surface area contributed by atoms with Crippen LogP contribution in [0.1, 0.15) is 27.8 Å². The third-order valence-corrected chi connectivity index (χ3v) is 4.11. The van der Waals surface area contributed by atoms with Crippen molar-refractivity contribution in [2.75, 3.05) is 19.6 Å². The molecule has 1 fully saturated rings. The van der Waals surface area contributed by atoms with Gasteiger partial charge < -0.3 is 10.2 Å². The Labute approximate surface area is 139 Å². The summed E-state index contributed by atoms with van der Waals surface area (Å²) in [4.78, 5) is 25.7. The van der Waals surface area contributed by atoms with Crippen molar-refractivity contribution in [2.24, 2.45) is 0 Å². The number of hydrogen-bond donors (Lipinski definition) is 1. The van der Waals surface area contributed by atoms with Crippen LogP contribution in [-0.4, -0.2) is 46.1 Å². The number of aryl methyl sites for hydroxylation is 2. The first kappa shape index (κ1) is 16.2. The van der Waals surface area contributed by atoms with Crippen LogP contribution >= 0.6 is 0 Å². The van der Waals surface area contributed by atoms with Crippen LogP contribution in [-0.2, 0) is 4.79 Å². The summed E-state index contributed by atoms with van der Waals surface area (Å²) < 4.78 is 14.8. The highest BCUT2D eigenvalue weighted by Gasteiger charge is 2.33. The van der Waals surface area contributed by atoms with Gasteiger partial charge in [0.05, 0.1) is 18.3 Å². The largest absolute Gasteiger partial charge is 0.343 e. The Morgan fingerprint density at radius 2 is 1.92 bits per heavy atom. The van der Waals surface area contributed by atoms with Gasteiger partial charge in [-0.25, -0.2) is 4.39 Å². The summed E-state index contributed by atoms with van der Waals surface area (Å²) in [5.41, 5.74) is 2.37. The molecule has 1 aliphatic heterocycles. The molecule has 0 atom stereocenters. The van der Waals surface area contributed by atoms with Gasteiger partial charge in [0.15, 0.2) is 0 Å². The van der Waals surface area contributed by atoms with E-state index in [-0.39, 0.29) is 24.4 Å². The zero-order valence-electron chi connectivity index (χ0n) is 13.6. The molecule has 24 heavy (non-hydrogen) atoms. The SMILES string of the molecule is Cc1cc(C)n(C2CN(C(=O)CNC(=O)c3ccc(F)cc3)C2)n1. The van der Waals surface area contributed by atoms with Crippen LogP contribution in [0.3, 0.4) is 0 Å². The molecule has 2 aromatic rings. The average Bonchev–Trinajstić information content (AvgIpc) is 2.82. The van der Waals surface area contributed by atoms with Crippen molar-refractivity contribution in [3.63, 3.8) is 0 Å². The van der Waals surface area contributed by atoms with Crippen LogP contribution in [0.25, 0.3) is 0 Å². The minimum Gasteiger partial charge on any atom is -0.343 e. The van der Waals surface area contributed by atoms with E-state index in [1.54, 1.807) is 4.90 Å². The fourth-order valence-corrected chi connectivity index (χ4v) is 2.80. The molecule has 1 saturated heterocycles. The standard InChI is InChI=1S/C17H19FN4O2/c1-11-7-12(2)22(20-11)15-9-21(10-15)16(23)8-19-17(24)13-3-5-14(18)6-4-13/h3-7,15H,8-10H2,1-2H3,(H,19,24). The summed E-state index contributed by atoms with van der Waals surface area (Å²) in [6.07, 6.45) is 0. The van der Waals surface area contributed by atoms with E-state index in [9.17, 15) is 14.0 Å². The van der Waals surface area contributed by atoms with Crippen molar-refractivity contribution < 1.29 is 14.0 Å². The Balaban J connectivity index is 1.48. The van der Waals surface area contributed by atoms with Gasteiger partial charge in [-0.2, -0.15) is 5.10 Å². The van der Waals surface area contributed by atoms with Crippen LogP contribution in [0.15, 0.2) is 30.3 Å². The molecule has 6 nitrogen and oxygen atoms in total. The number of nitrogens with one attached hydrogen (secondary N) is 1. The fraction of sp³-hybridized carbons (Fsp3) is 0.353. The topological polar surface area (TPSA) is 67.2 Å². The normalized spacial score (nSPS) is 14.4. The van der Waals surface area contributed by atoms with Gasteiger partial charge in [-0.15, -0.1) is 0 Å². The van der Waals surface area contributed by atoms with E-state index in [0.29, 0.717) is 18.7 Å². The van der Waals surface area contributed by atoms with Gasteiger partial charge in [0.2, 0.25) is 5.91 Å². The molecule has 0 bridgehead atoms. The monoisotopic (exact) mass is 330 g/mol. The molecule has 0 aliphatic carbocycles. The predicted molar refractivity (Wildman–Crippen MR) is 86.1 cm³/mol. The second-order valence-corrected chi connectivity index (χ2v) is 6.01. The number of halogens is 1. The first-order chi connectivity index (χ1) is 11.4. The number of carbonyl (C=O) groups excluding carboxylic acids is 2. The third kappa shape index (κ3) is 3.29. The lowest BCUT2D eigenvalue weighted by molar-refractivity contribution is -0.136. The van der Waals surface area contributed by atoms with Crippen molar-refractivity contribution in [2.45, 2.75) is 19.9 Å². The highest BCUT2D eigenvalue weighted by Crippen LogP contribution is 2.22. The number of hydrogen-bond acceptors (Lipinski definition) is 3. The van der Waals surface area contributed by atoms with Crippen molar-refractivity contribution in [1.82, 2.24) is 20.0 Å². The van der Waals surface area contributed by atoms with Gasteiger partial charge in [-0.1, -0.05) is 0 Å². The molecule has 7 heteroatoms. The number of carbonyl (C=O) groups is 2. The molecule has 0 radical (unpaired) electrons. The van der Waals surface area contributed by atoms with Gasteiger partial charge in [-0.3, -0.25) is 14.3 Å². The van der Waals surface area contributed by atoms with Crippen molar-refractivity contribution in [3.8, 4) is 0 Å². The Kier molecular flexibility index (Phi) is 4.33. The summed E-state index contributed by atoms with van der Waals surface area (Å²) in [5, 5.41) is 6.99. The smallest absolute Gasteiger partial charge is 0.251 e. The van der Waals surface area contributed by atoms with E-state index in [2.05, 4.69) is 10.4 Å². The molecule has 3 rings (SSSR count). The van der Waals surface area contributed by atoms with E-state index < -0.39 is 5.82 Å². The maximum absolute atomic E-state index is 12.8. The van der Waals surface area contributed by atoms with Crippen molar-refractivity contribution >= 4 is 11.8 Å². The second-order valence-electron chi connectivity index (χ2n) is 6.01. The Bertz CT molecular complexity index is 763. The van der Waals surface area contributed by atoms with E-state index in [1.807, 2.05) is 24.6 Å². The van der Waals surface area contributed by atoms with E-state index in [0.717, 1.165) is 11.4 Å². The summed E-state index contributed by atoms with van der Waals surface area (Å²) in [5.74, 6) is -0.930. The predicted octanol–water partition coefficient (Wildman–Crippen LogP) is 1.45. The molecule has 0 saturated carbocycles. The molecular formula is C17H19FN4O2. The molecule has 0 spiro atoms. The first-order valence-electron chi connectivity index (χ1n) is 7.78. The zero-order chi connectivity index (χ0) is 17.3. The number of aromatic nitrogens is 2. The van der Waals surface area contributed by atoms with Crippen molar-refractivity contribution in [3.05, 3.63) is 53.1 Å². The lowest BCUT2D eigenvalue weighted by Crippen LogP contribution is -2.53. The Morgan fingerprint density at radius 3 is 2.50 bits per heavy atom. The van der Waals surface area contributed by atoms with Crippen LogP contribution < -0.4 is 5.32 Å². The third-order valence-electron chi connectivity index (χ3n) is 4.11. The number of benzene rings is 1. The summed E-state index contributed by atoms with van der Waals surface area (Å²) in [6.45, 7) is 5.05. The van der Waals surface area contributed by atoms with Gasteiger partial charge in [-0.05, 0) is 44.2 Å². The molecule has 1 aromatic carbocycles. The van der Waals surface area contributed by atoms with Crippen molar-refractivity contribution in [1.29, 1.82) is 0 Å². The average molecular weight is 330 g/mol. The minimum absolute atomic E-state index is 0.0694. The number of amides is 2. The molecular weight excluding hydrogens is 311 g/mol. The molecule has 0 unspecified atom stereocenters. The van der Waals surface area contributed by atoms with Gasteiger partial charge in [0.1, 0.15) is 5.82 Å². The maximum Gasteiger partial charge on any atom is 0.251 e. The fourth-order valence-electron chi connectivity index (χ4n) is 2.80. The van der Waals surface area contributed by atoms with Crippen LogP contribution in [0.4, 0.5) is 4.39 Å². The molecule has 1 N–H and O–H groups in total. The summed E-state index contributed by atoms with van der Waals surface area (Å²) >= 11 is 0. The quantitative estimate of drug-likeness (QED) is 0.923. The first-order valence-corrected chi connectivity index (χ1v) is 7.78. The highest BCUT2D eigenvalue weighted by molar-refractivity contribution is 5.96. The number of likely N-dealkylation sites (tertiary alicyclic amines) is 1. The number of nitrogens with zero attached hydrogens (tertiary/aromatic N) is 3. The summed E-state index contributed by atoms with van der Waals surface area (Å²) in [6, 6.07) is 7.40. The van der Waals surface area contributed by atoms with Gasteiger partial charge >= 0.3 is 0 Å². The zero-order valence-corrected chi connectivity index (χ0v) is 13.6. The Morgan fingerprint density at radius 1 is 1.25 bits per heavy atom. The van der Waals surface area contributed by atoms with E-state index in [1.165, 1.54) is 24.3 Å². The molecule has 2 heterocycles. The van der Waals surface area contributed by atoms with Crippen LogP contribution in [0.5, 0.6) is 0 Å².